The van der Waals surface area contributed by atoms with Crippen molar-refractivity contribution in [3.05, 3.63) is 41.0 Å². The molecule has 0 aliphatic rings. The van der Waals surface area contributed by atoms with E-state index in [1.807, 2.05) is 24.3 Å². The van der Waals surface area contributed by atoms with E-state index < -0.39 is 0 Å². The van der Waals surface area contributed by atoms with Crippen LogP contribution in [0.2, 0.25) is 5.02 Å². The van der Waals surface area contributed by atoms with Crippen LogP contribution in [0.25, 0.3) is 10.9 Å². The Hall–Kier alpha value is -1.41. The first-order valence-corrected chi connectivity index (χ1v) is 5.66. The molecule has 0 saturated heterocycles. The van der Waals surface area contributed by atoms with Gasteiger partial charge in [0.1, 0.15) is 6.29 Å². The van der Waals surface area contributed by atoms with E-state index in [-0.39, 0.29) is 0 Å². The van der Waals surface area contributed by atoms with E-state index in [0.29, 0.717) is 6.42 Å². The SMILES string of the molecule is O=CCCCc1c(Cl)ccc2cccnc12. The second kappa shape index (κ2) is 5.08. The zero-order valence-electron chi connectivity index (χ0n) is 8.82. The van der Waals surface area contributed by atoms with Crippen molar-refractivity contribution in [3.63, 3.8) is 0 Å². The lowest BCUT2D eigenvalue weighted by molar-refractivity contribution is -0.107. The van der Waals surface area contributed by atoms with Crippen LogP contribution in [-0.2, 0) is 11.2 Å². The highest BCUT2D eigenvalue weighted by Gasteiger charge is 2.06. The molecule has 82 valence electrons. The molecule has 0 radical (unpaired) electrons. The Morgan fingerprint density at radius 2 is 2.19 bits per heavy atom. The number of hydrogen-bond donors (Lipinski definition) is 0. The molecule has 0 aliphatic carbocycles. The van der Waals surface area contributed by atoms with Gasteiger partial charge in [-0.05, 0) is 30.5 Å². The van der Waals surface area contributed by atoms with Gasteiger partial charge in [-0.15, -0.1) is 0 Å². The summed E-state index contributed by atoms with van der Waals surface area (Å²) >= 11 is 6.15. The molecule has 0 spiro atoms. The number of benzene rings is 1. The van der Waals surface area contributed by atoms with Crippen molar-refractivity contribution in [1.82, 2.24) is 4.98 Å². The molecule has 0 fully saturated rings. The maximum Gasteiger partial charge on any atom is 0.120 e. The Morgan fingerprint density at radius 1 is 1.31 bits per heavy atom. The Balaban J connectivity index is 2.40. The topological polar surface area (TPSA) is 30.0 Å². The molecule has 3 heteroatoms. The summed E-state index contributed by atoms with van der Waals surface area (Å²) in [4.78, 5) is 14.6. The van der Waals surface area contributed by atoms with E-state index in [4.69, 9.17) is 11.6 Å². The van der Waals surface area contributed by atoms with E-state index in [9.17, 15) is 4.79 Å². The molecule has 1 aromatic heterocycles. The fourth-order valence-electron chi connectivity index (χ4n) is 1.78. The number of aromatic nitrogens is 1. The summed E-state index contributed by atoms with van der Waals surface area (Å²) in [6, 6.07) is 7.78. The molecule has 0 amide bonds. The number of aryl methyl sites for hydroxylation is 1. The minimum Gasteiger partial charge on any atom is -0.303 e. The van der Waals surface area contributed by atoms with Gasteiger partial charge in [0.25, 0.3) is 0 Å². The molecule has 2 aromatic rings. The number of nitrogens with zero attached hydrogens (tertiary/aromatic N) is 1. The van der Waals surface area contributed by atoms with E-state index in [0.717, 1.165) is 40.6 Å². The fourth-order valence-corrected chi connectivity index (χ4v) is 2.03. The zero-order chi connectivity index (χ0) is 11.4. The third kappa shape index (κ3) is 2.22. The third-order valence-electron chi connectivity index (χ3n) is 2.57. The molecule has 1 heterocycles. The van der Waals surface area contributed by atoms with Crippen LogP contribution >= 0.6 is 11.6 Å². The summed E-state index contributed by atoms with van der Waals surface area (Å²) in [6.45, 7) is 0. The standard InChI is InChI=1S/C13H12ClNO/c14-12-7-6-10-4-3-8-15-13(10)11(12)5-1-2-9-16/h3-4,6-9H,1-2,5H2. The van der Waals surface area contributed by atoms with Gasteiger partial charge in [-0.2, -0.15) is 0 Å². The van der Waals surface area contributed by atoms with Crippen molar-refractivity contribution in [2.24, 2.45) is 0 Å². The van der Waals surface area contributed by atoms with Crippen LogP contribution in [0.1, 0.15) is 18.4 Å². The quantitative estimate of drug-likeness (QED) is 0.598. The van der Waals surface area contributed by atoms with Crippen molar-refractivity contribution in [1.29, 1.82) is 0 Å². The molecule has 0 unspecified atom stereocenters. The number of hydrogen-bond acceptors (Lipinski definition) is 2. The van der Waals surface area contributed by atoms with Gasteiger partial charge in [-0.1, -0.05) is 23.7 Å². The van der Waals surface area contributed by atoms with Gasteiger partial charge in [0.05, 0.1) is 5.52 Å². The molecule has 0 atom stereocenters. The second-order valence-electron chi connectivity index (χ2n) is 3.66. The van der Waals surface area contributed by atoms with Crippen LogP contribution < -0.4 is 0 Å². The van der Waals surface area contributed by atoms with Crippen LogP contribution in [0.3, 0.4) is 0 Å². The number of fused-ring (bicyclic) bond motifs is 1. The number of carbonyl (C=O) groups is 1. The Kier molecular flexibility index (Phi) is 3.52. The fraction of sp³-hybridized carbons (Fsp3) is 0.231. The van der Waals surface area contributed by atoms with Crippen molar-refractivity contribution >= 4 is 28.8 Å². The summed E-state index contributed by atoms with van der Waals surface area (Å²) in [5, 5.41) is 1.82. The van der Waals surface area contributed by atoms with E-state index in [1.165, 1.54) is 0 Å². The summed E-state index contributed by atoms with van der Waals surface area (Å²) in [6.07, 6.45) is 4.89. The molecule has 2 nitrogen and oxygen atoms in total. The molecular formula is C13H12ClNO. The first kappa shape index (κ1) is 11.1. The van der Waals surface area contributed by atoms with Gasteiger partial charge < -0.3 is 4.79 Å². The highest BCUT2D eigenvalue weighted by atomic mass is 35.5. The molecule has 2 rings (SSSR count). The van der Waals surface area contributed by atoms with Gasteiger partial charge in [-0.3, -0.25) is 4.98 Å². The van der Waals surface area contributed by atoms with E-state index >= 15 is 0 Å². The molecule has 0 aliphatic heterocycles. The van der Waals surface area contributed by atoms with Gasteiger partial charge >= 0.3 is 0 Å². The minimum absolute atomic E-state index is 0.569. The van der Waals surface area contributed by atoms with Gasteiger partial charge in [0, 0.05) is 23.0 Å². The third-order valence-corrected chi connectivity index (χ3v) is 2.93. The number of pyridine rings is 1. The second-order valence-corrected chi connectivity index (χ2v) is 4.07. The number of carbonyl (C=O) groups excluding carboxylic acids is 1. The molecule has 0 bridgehead atoms. The van der Waals surface area contributed by atoms with Crippen molar-refractivity contribution < 1.29 is 4.79 Å². The highest BCUT2D eigenvalue weighted by Crippen LogP contribution is 2.25. The number of unbranched alkanes of at least 4 members (excludes halogenated alkanes) is 1. The molecule has 0 saturated carbocycles. The lowest BCUT2D eigenvalue weighted by Gasteiger charge is -2.06. The number of aldehydes is 1. The molecule has 1 aromatic carbocycles. The van der Waals surface area contributed by atoms with Crippen LogP contribution in [0, 0.1) is 0 Å². The number of halogens is 1. The number of rotatable bonds is 4. The Labute approximate surface area is 99.3 Å². The lowest BCUT2D eigenvalue weighted by Crippen LogP contribution is -1.92. The first-order valence-electron chi connectivity index (χ1n) is 5.28. The summed E-state index contributed by atoms with van der Waals surface area (Å²) in [5.41, 5.74) is 1.99. The van der Waals surface area contributed by atoms with Crippen molar-refractivity contribution in [3.8, 4) is 0 Å². The zero-order valence-corrected chi connectivity index (χ0v) is 9.57. The van der Waals surface area contributed by atoms with Crippen LogP contribution in [-0.4, -0.2) is 11.3 Å². The monoisotopic (exact) mass is 233 g/mol. The molecule has 16 heavy (non-hydrogen) atoms. The molecule has 0 N–H and O–H groups in total. The Bertz CT molecular complexity index is 510. The molecular weight excluding hydrogens is 222 g/mol. The maximum absolute atomic E-state index is 10.3. The van der Waals surface area contributed by atoms with E-state index in [2.05, 4.69) is 4.98 Å². The van der Waals surface area contributed by atoms with Crippen molar-refractivity contribution in [2.75, 3.05) is 0 Å². The summed E-state index contributed by atoms with van der Waals surface area (Å²) < 4.78 is 0. The average Bonchev–Trinajstić information content (AvgIpc) is 2.32. The Morgan fingerprint density at radius 3 is 3.00 bits per heavy atom. The van der Waals surface area contributed by atoms with Gasteiger partial charge in [-0.25, -0.2) is 0 Å². The highest BCUT2D eigenvalue weighted by molar-refractivity contribution is 6.32. The predicted octanol–water partition coefficient (Wildman–Crippen LogP) is 3.41. The van der Waals surface area contributed by atoms with Crippen LogP contribution in [0.4, 0.5) is 0 Å². The average molecular weight is 234 g/mol. The normalized spacial score (nSPS) is 10.6. The summed E-state index contributed by atoms with van der Waals surface area (Å²) in [5.74, 6) is 0. The maximum atomic E-state index is 10.3. The first-order chi connectivity index (χ1) is 7.83. The van der Waals surface area contributed by atoms with E-state index in [1.54, 1.807) is 6.20 Å². The summed E-state index contributed by atoms with van der Waals surface area (Å²) in [7, 11) is 0. The van der Waals surface area contributed by atoms with Crippen molar-refractivity contribution in [2.45, 2.75) is 19.3 Å². The van der Waals surface area contributed by atoms with Gasteiger partial charge in [0.15, 0.2) is 0 Å². The smallest absolute Gasteiger partial charge is 0.120 e. The van der Waals surface area contributed by atoms with Crippen LogP contribution in [0.5, 0.6) is 0 Å². The van der Waals surface area contributed by atoms with Crippen LogP contribution in [0.15, 0.2) is 30.5 Å². The minimum atomic E-state index is 0.569. The predicted molar refractivity (Wildman–Crippen MR) is 65.8 cm³/mol. The largest absolute Gasteiger partial charge is 0.303 e. The lowest BCUT2D eigenvalue weighted by atomic mass is 10.0. The van der Waals surface area contributed by atoms with Gasteiger partial charge in [0.2, 0.25) is 0 Å².